The Morgan fingerprint density at radius 2 is 1.77 bits per heavy atom. The molecule has 0 heterocycles. The quantitative estimate of drug-likeness (QED) is 0.785. The predicted molar refractivity (Wildman–Crippen MR) is 106 cm³/mol. The Labute approximate surface area is 157 Å². The van der Waals surface area contributed by atoms with Crippen LogP contribution < -0.4 is 10.6 Å². The molecule has 1 unspecified atom stereocenters. The molecule has 1 atom stereocenters. The summed E-state index contributed by atoms with van der Waals surface area (Å²) >= 11 is 0. The average Bonchev–Trinajstić information content (AvgIpc) is 2.63. The van der Waals surface area contributed by atoms with Crippen molar-refractivity contribution in [3.8, 4) is 0 Å². The Morgan fingerprint density at radius 3 is 2.38 bits per heavy atom. The van der Waals surface area contributed by atoms with E-state index in [1.807, 2.05) is 46.0 Å². The van der Waals surface area contributed by atoms with Crippen molar-refractivity contribution < 1.29 is 9.59 Å². The number of hydrogen-bond donors (Lipinski definition) is 2. The average molecular weight is 360 g/mol. The van der Waals surface area contributed by atoms with Crippen molar-refractivity contribution in [2.24, 2.45) is 5.92 Å². The molecule has 2 N–H and O–H groups in total. The second kappa shape index (κ2) is 9.72. The number of likely N-dealkylation sites (N-methyl/N-ethyl adjacent to an activating group) is 1. The van der Waals surface area contributed by atoms with Crippen LogP contribution in [-0.4, -0.2) is 42.9 Å². The van der Waals surface area contributed by atoms with Crippen molar-refractivity contribution in [3.05, 3.63) is 29.3 Å². The molecule has 5 heteroatoms. The van der Waals surface area contributed by atoms with Crippen LogP contribution in [0.5, 0.6) is 0 Å². The molecule has 0 aliphatic heterocycles. The van der Waals surface area contributed by atoms with Gasteiger partial charge in [0, 0.05) is 12.2 Å². The van der Waals surface area contributed by atoms with E-state index in [0.717, 1.165) is 23.4 Å². The van der Waals surface area contributed by atoms with Crippen molar-refractivity contribution in [2.75, 3.05) is 25.5 Å². The van der Waals surface area contributed by atoms with Crippen LogP contribution in [0.25, 0.3) is 0 Å². The van der Waals surface area contributed by atoms with Crippen LogP contribution in [0.4, 0.5) is 5.69 Å². The van der Waals surface area contributed by atoms with Gasteiger partial charge in [0.2, 0.25) is 11.8 Å². The van der Waals surface area contributed by atoms with Crippen LogP contribution in [0.2, 0.25) is 0 Å². The highest BCUT2D eigenvalue weighted by Gasteiger charge is 2.22. The second-order valence-corrected chi connectivity index (χ2v) is 7.66. The maximum Gasteiger partial charge on any atom is 0.238 e. The van der Waals surface area contributed by atoms with E-state index in [2.05, 4.69) is 10.6 Å². The molecular weight excluding hydrogens is 326 g/mol. The monoisotopic (exact) mass is 359 g/mol. The van der Waals surface area contributed by atoms with Gasteiger partial charge in [0.25, 0.3) is 0 Å². The number of carbonyl (C=O) groups is 2. The molecular formula is C21H33N3O2. The highest BCUT2D eigenvalue weighted by molar-refractivity contribution is 5.94. The topological polar surface area (TPSA) is 61.4 Å². The fourth-order valence-corrected chi connectivity index (χ4v) is 3.54. The minimum Gasteiger partial charge on any atom is -0.354 e. The van der Waals surface area contributed by atoms with Crippen molar-refractivity contribution >= 4 is 17.5 Å². The number of rotatable bonds is 7. The highest BCUT2D eigenvalue weighted by atomic mass is 16.2. The number of aryl methyl sites for hydroxylation is 2. The Bertz CT molecular complexity index is 603. The Morgan fingerprint density at radius 1 is 1.15 bits per heavy atom. The zero-order valence-corrected chi connectivity index (χ0v) is 16.6. The largest absolute Gasteiger partial charge is 0.354 e. The Hall–Kier alpha value is -1.88. The lowest BCUT2D eigenvalue weighted by Gasteiger charge is -2.26. The van der Waals surface area contributed by atoms with Crippen molar-refractivity contribution in [1.29, 1.82) is 0 Å². The molecule has 26 heavy (non-hydrogen) atoms. The minimum atomic E-state index is -0.331. The van der Waals surface area contributed by atoms with Crippen LogP contribution in [0.3, 0.4) is 0 Å². The van der Waals surface area contributed by atoms with Gasteiger partial charge >= 0.3 is 0 Å². The number of benzene rings is 1. The normalized spacial score (nSPS) is 16.3. The lowest BCUT2D eigenvalue weighted by Crippen LogP contribution is -2.47. The highest BCUT2D eigenvalue weighted by Crippen LogP contribution is 2.23. The van der Waals surface area contributed by atoms with Crippen LogP contribution in [0.1, 0.15) is 50.2 Å². The van der Waals surface area contributed by atoms with Gasteiger partial charge in [0.1, 0.15) is 0 Å². The lowest BCUT2D eigenvalue weighted by atomic mass is 9.89. The number of hydrogen-bond acceptors (Lipinski definition) is 3. The van der Waals surface area contributed by atoms with Gasteiger partial charge in [-0.1, -0.05) is 37.5 Å². The fraction of sp³-hybridized carbons (Fsp3) is 0.619. The molecule has 1 aromatic rings. The lowest BCUT2D eigenvalue weighted by molar-refractivity contribution is -0.126. The summed E-state index contributed by atoms with van der Waals surface area (Å²) in [6, 6.07) is 5.61. The van der Waals surface area contributed by atoms with E-state index >= 15 is 0 Å². The van der Waals surface area contributed by atoms with E-state index in [1.165, 1.54) is 32.1 Å². The summed E-state index contributed by atoms with van der Waals surface area (Å²) in [5, 5.41) is 6.04. The first-order valence-corrected chi connectivity index (χ1v) is 9.72. The van der Waals surface area contributed by atoms with Crippen molar-refractivity contribution in [1.82, 2.24) is 10.2 Å². The zero-order chi connectivity index (χ0) is 19.1. The Kier molecular flexibility index (Phi) is 7.64. The zero-order valence-electron chi connectivity index (χ0n) is 16.6. The van der Waals surface area contributed by atoms with Gasteiger partial charge in [-0.3, -0.25) is 14.5 Å². The van der Waals surface area contributed by atoms with Gasteiger partial charge in [0.05, 0.1) is 12.6 Å². The molecule has 1 aromatic carbocycles. The summed E-state index contributed by atoms with van der Waals surface area (Å²) in [6.45, 7) is 6.75. The molecule has 0 bridgehead atoms. The molecule has 2 rings (SSSR count). The third-order valence-electron chi connectivity index (χ3n) is 5.47. The van der Waals surface area contributed by atoms with E-state index in [1.54, 1.807) is 4.90 Å². The first kappa shape index (κ1) is 20.4. The molecule has 0 spiro atoms. The Balaban J connectivity index is 1.80. The number of anilines is 1. The molecule has 0 aromatic heterocycles. The van der Waals surface area contributed by atoms with Gasteiger partial charge in [0.15, 0.2) is 0 Å². The van der Waals surface area contributed by atoms with E-state index in [0.29, 0.717) is 5.92 Å². The fourth-order valence-electron chi connectivity index (χ4n) is 3.54. The molecule has 144 valence electrons. The van der Waals surface area contributed by atoms with Crippen LogP contribution in [-0.2, 0) is 9.59 Å². The summed E-state index contributed by atoms with van der Waals surface area (Å²) in [6.07, 6.45) is 6.29. The van der Waals surface area contributed by atoms with E-state index in [-0.39, 0.29) is 24.4 Å². The van der Waals surface area contributed by atoms with Crippen LogP contribution in [0, 0.1) is 19.8 Å². The second-order valence-electron chi connectivity index (χ2n) is 7.66. The molecule has 5 nitrogen and oxygen atoms in total. The first-order valence-electron chi connectivity index (χ1n) is 9.72. The maximum atomic E-state index is 12.4. The molecule has 1 saturated carbocycles. The third-order valence-corrected chi connectivity index (χ3v) is 5.47. The molecule has 1 aliphatic rings. The van der Waals surface area contributed by atoms with Gasteiger partial charge in [-0.25, -0.2) is 0 Å². The first-order chi connectivity index (χ1) is 12.4. The molecule has 0 radical (unpaired) electrons. The maximum absolute atomic E-state index is 12.4. The minimum absolute atomic E-state index is 0.00190. The molecule has 2 amide bonds. The van der Waals surface area contributed by atoms with Crippen molar-refractivity contribution in [2.45, 2.75) is 58.9 Å². The third kappa shape index (κ3) is 5.84. The van der Waals surface area contributed by atoms with E-state index in [4.69, 9.17) is 0 Å². The van der Waals surface area contributed by atoms with E-state index < -0.39 is 0 Å². The smallest absolute Gasteiger partial charge is 0.238 e. The molecule has 1 fully saturated rings. The van der Waals surface area contributed by atoms with Crippen molar-refractivity contribution in [3.63, 3.8) is 0 Å². The summed E-state index contributed by atoms with van der Waals surface area (Å²) in [4.78, 5) is 26.6. The number of para-hydroxylation sites is 1. The number of nitrogens with zero attached hydrogens (tertiary/aromatic N) is 1. The summed E-state index contributed by atoms with van der Waals surface area (Å²) < 4.78 is 0. The van der Waals surface area contributed by atoms with Crippen LogP contribution >= 0.6 is 0 Å². The summed E-state index contributed by atoms with van der Waals surface area (Å²) in [5.74, 6) is 0.507. The number of carbonyl (C=O) groups excluding carboxylic acids is 2. The van der Waals surface area contributed by atoms with Gasteiger partial charge in [-0.15, -0.1) is 0 Å². The van der Waals surface area contributed by atoms with Gasteiger partial charge in [-0.2, -0.15) is 0 Å². The number of amides is 2. The molecule has 0 saturated heterocycles. The standard InChI is InChI=1S/C21H33N3O2/c1-15-9-8-10-16(2)20(15)23-19(25)14-24(4)17(3)21(26)22-13-18-11-6-5-7-12-18/h8-10,17-18H,5-7,11-14H2,1-4H3,(H,22,26)(H,23,25). The van der Waals surface area contributed by atoms with Crippen LogP contribution in [0.15, 0.2) is 18.2 Å². The predicted octanol–water partition coefficient (Wildman–Crippen LogP) is 3.26. The number of nitrogens with one attached hydrogen (secondary N) is 2. The summed E-state index contributed by atoms with van der Waals surface area (Å²) in [7, 11) is 1.81. The van der Waals surface area contributed by atoms with Gasteiger partial charge in [-0.05, 0) is 57.7 Å². The van der Waals surface area contributed by atoms with Gasteiger partial charge < -0.3 is 10.6 Å². The summed E-state index contributed by atoms with van der Waals surface area (Å²) in [5.41, 5.74) is 2.94. The SMILES string of the molecule is Cc1cccc(C)c1NC(=O)CN(C)C(C)C(=O)NCC1CCCCC1. The van der Waals surface area contributed by atoms with E-state index in [9.17, 15) is 9.59 Å². The molecule has 1 aliphatic carbocycles.